The molecular weight excluding hydrogens is 298 g/mol. The van der Waals surface area contributed by atoms with Crippen LogP contribution in [0.15, 0.2) is 24.3 Å². The number of hydrogen-bond donors (Lipinski definition) is 1. The van der Waals surface area contributed by atoms with E-state index in [4.69, 9.17) is 9.47 Å². The lowest BCUT2D eigenvalue weighted by molar-refractivity contribution is -0.384. The summed E-state index contributed by atoms with van der Waals surface area (Å²) >= 11 is 0. The van der Waals surface area contributed by atoms with Crippen molar-refractivity contribution in [1.29, 1.82) is 0 Å². The zero-order chi connectivity index (χ0) is 16.1. The molecule has 126 valence electrons. The van der Waals surface area contributed by atoms with E-state index in [2.05, 4.69) is 10.2 Å². The number of morpholine rings is 1. The molecule has 0 aromatic heterocycles. The monoisotopic (exact) mass is 321 g/mol. The van der Waals surface area contributed by atoms with E-state index in [0.717, 1.165) is 45.9 Å². The Balaban J connectivity index is 1.69. The van der Waals surface area contributed by atoms with E-state index in [1.54, 1.807) is 12.1 Å². The number of nitro benzene ring substituents is 1. The lowest BCUT2D eigenvalue weighted by Gasteiger charge is -2.37. The predicted molar refractivity (Wildman–Crippen MR) is 86.7 cm³/mol. The Labute approximate surface area is 135 Å². The fourth-order valence-electron chi connectivity index (χ4n) is 3.36. The van der Waals surface area contributed by atoms with E-state index < -0.39 is 0 Å². The van der Waals surface area contributed by atoms with Crippen LogP contribution < -0.4 is 5.32 Å². The molecule has 0 amide bonds. The van der Waals surface area contributed by atoms with Crippen molar-refractivity contribution in [3.8, 4) is 0 Å². The first kappa shape index (κ1) is 16.2. The smallest absolute Gasteiger partial charge is 0.292 e. The van der Waals surface area contributed by atoms with Gasteiger partial charge < -0.3 is 14.8 Å². The quantitative estimate of drug-likeness (QED) is 0.635. The van der Waals surface area contributed by atoms with Crippen molar-refractivity contribution in [1.82, 2.24) is 4.90 Å². The van der Waals surface area contributed by atoms with Gasteiger partial charge in [-0.25, -0.2) is 0 Å². The van der Waals surface area contributed by atoms with Crippen LogP contribution in [0.2, 0.25) is 0 Å². The standard InChI is InChI=1S/C16H23N3O4/c20-19(21)15-4-2-1-3-14(15)17-11-16(13-5-8-23-12-13)18-6-9-22-10-7-18/h1-4,13,16-17H,5-12H2. The van der Waals surface area contributed by atoms with Crippen LogP contribution in [0, 0.1) is 16.0 Å². The first-order valence-corrected chi connectivity index (χ1v) is 8.12. The second-order valence-corrected chi connectivity index (χ2v) is 5.99. The van der Waals surface area contributed by atoms with Crippen LogP contribution in [0.1, 0.15) is 6.42 Å². The first-order chi connectivity index (χ1) is 11.3. The Kier molecular flexibility index (Phi) is 5.43. The molecule has 2 aliphatic heterocycles. The maximum Gasteiger partial charge on any atom is 0.292 e. The van der Waals surface area contributed by atoms with Gasteiger partial charge in [0.2, 0.25) is 0 Å². The SMILES string of the molecule is O=[N+]([O-])c1ccccc1NCC(C1CCOC1)N1CCOCC1. The molecule has 0 aliphatic carbocycles. The van der Waals surface area contributed by atoms with Gasteiger partial charge in [0.25, 0.3) is 5.69 Å². The lowest BCUT2D eigenvalue weighted by Crippen LogP contribution is -2.50. The van der Waals surface area contributed by atoms with Gasteiger partial charge >= 0.3 is 0 Å². The van der Waals surface area contributed by atoms with E-state index in [-0.39, 0.29) is 10.6 Å². The van der Waals surface area contributed by atoms with Crippen LogP contribution in [0.3, 0.4) is 0 Å². The third-order valence-corrected chi connectivity index (χ3v) is 4.63. The minimum atomic E-state index is -0.343. The molecule has 2 aliphatic rings. The number of para-hydroxylation sites is 2. The summed E-state index contributed by atoms with van der Waals surface area (Å²) in [6, 6.07) is 7.11. The van der Waals surface area contributed by atoms with E-state index >= 15 is 0 Å². The van der Waals surface area contributed by atoms with Crippen LogP contribution in [0.5, 0.6) is 0 Å². The molecule has 0 spiro atoms. The molecule has 2 fully saturated rings. The number of nitrogens with one attached hydrogen (secondary N) is 1. The summed E-state index contributed by atoms with van der Waals surface area (Å²) in [5.74, 6) is 0.461. The Morgan fingerprint density at radius 1 is 1.26 bits per heavy atom. The molecule has 1 aromatic carbocycles. The summed E-state index contributed by atoms with van der Waals surface area (Å²) in [5.41, 5.74) is 0.700. The molecule has 7 nitrogen and oxygen atoms in total. The van der Waals surface area contributed by atoms with Crippen molar-refractivity contribution in [2.75, 3.05) is 51.4 Å². The number of ether oxygens (including phenoxy) is 2. The topological polar surface area (TPSA) is 76.9 Å². The van der Waals surface area contributed by atoms with Crippen molar-refractivity contribution in [3.05, 3.63) is 34.4 Å². The summed E-state index contributed by atoms with van der Waals surface area (Å²) in [6.45, 7) is 5.54. The zero-order valence-electron chi connectivity index (χ0n) is 13.1. The largest absolute Gasteiger partial charge is 0.381 e. The van der Waals surface area contributed by atoms with Gasteiger partial charge in [-0.2, -0.15) is 0 Å². The maximum absolute atomic E-state index is 11.1. The molecule has 1 aromatic rings. The van der Waals surface area contributed by atoms with Gasteiger partial charge in [0, 0.05) is 44.3 Å². The van der Waals surface area contributed by atoms with Crippen LogP contribution in [-0.2, 0) is 9.47 Å². The first-order valence-electron chi connectivity index (χ1n) is 8.12. The van der Waals surface area contributed by atoms with Gasteiger partial charge in [-0.3, -0.25) is 15.0 Å². The Bertz CT molecular complexity index is 528. The number of nitro groups is 1. The predicted octanol–water partition coefficient (Wildman–Crippen LogP) is 1.74. The third-order valence-electron chi connectivity index (χ3n) is 4.63. The van der Waals surface area contributed by atoms with Gasteiger partial charge in [0.1, 0.15) is 5.69 Å². The summed E-state index contributed by atoms with van der Waals surface area (Å²) in [7, 11) is 0. The van der Waals surface area contributed by atoms with Gasteiger partial charge in [-0.05, 0) is 12.5 Å². The molecule has 3 rings (SSSR count). The highest BCUT2D eigenvalue weighted by molar-refractivity contribution is 5.61. The van der Waals surface area contributed by atoms with Crippen LogP contribution in [0.4, 0.5) is 11.4 Å². The number of rotatable bonds is 6. The van der Waals surface area contributed by atoms with Crippen LogP contribution >= 0.6 is 0 Å². The minimum Gasteiger partial charge on any atom is -0.381 e. The molecule has 2 atom stereocenters. The van der Waals surface area contributed by atoms with Gasteiger partial charge in [-0.15, -0.1) is 0 Å². The van der Waals surface area contributed by atoms with Crippen molar-refractivity contribution in [2.24, 2.45) is 5.92 Å². The van der Waals surface area contributed by atoms with Crippen LogP contribution in [-0.4, -0.2) is 61.9 Å². The Hall–Kier alpha value is -1.70. The lowest BCUT2D eigenvalue weighted by atomic mass is 9.96. The van der Waals surface area contributed by atoms with Crippen molar-refractivity contribution in [3.63, 3.8) is 0 Å². The highest BCUT2D eigenvalue weighted by atomic mass is 16.6. The van der Waals surface area contributed by atoms with E-state index in [0.29, 0.717) is 24.2 Å². The van der Waals surface area contributed by atoms with Crippen molar-refractivity contribution >= 4 is 11.4 Å². The number of anilines is 1. The number of nitrogens with zero attached hydrogens (tertiary/aromatic N) is 2. The fraction of sp³-hybridized carbons (Fsp3) is 0.625. The Morgan fingerprint density at radius 3 is 2.74 bits per heavy atom. The zero-order valence-corrected chi connectivity index (χ0v) is 13.1. The molecule has 2 saturated heterocycles. The molecule has 7 heteroatoms. The van der Waals surface area contributed by atoms with E-state index in [1.807, 2.05) is 6.07 Å². The van der Waals surface area contributed by atoms with E-state index in [9.17, 15) is 10.1 Å². The number of hydrogen-bond acceptors (Lipinski definition) is 6. The molecule has 0 saturated carbocycles. The molecule has 23 heavy (non-hydrogen) atoms. The molecular formula is C16H23N3O4. The summed E-state index contributed by atoms with van der Waals surface area (Å²) in [4.78, 5) is 13.2. The highest BCUT2D eigenvalue weighted by Gasteiger charge is 2.31. The molecule has 0 bridgehead atoms. The van der Waals surface area contributed by atoms with E-state index in [1.165, 1.54) is 6.07 Å². The van der Waals surface area contributed by atoms with Gasteiger partial charge in [0.05, 0.1) is 24.7 Å². The summed E-state index contributed by atoms with van der Waals surface area (Å²) < 4.78 is 11.0. The number of benzene rings is 1. The summed E-state index contributed by atoms with van der Waals surface area (Å²) in [6.07, 6.45) is 1.04. The summed E-state index contributed by atoms with van der Waals surface area (Å²) in [5, 5.41) is 14.4. The average Bonchev–Trinajstić information content (AvgIpc) is 3.10. The van der Waals surface area contributed by atoms with Gasteiger partial charge in [0.15, 0.2) is 0 Å². The highest BCUT2D eigenvalue weighted by Crippen LogP contribution is 2.26. The second kappa shape index (κ2) is 7.72. The second-order valence-electron chi connectivity index (χ2n) is 5.99. The van der Waals surface area contributed by atoms with Crippen LogP contribution in [0.25, 0.3) is 0 Å². The fourth-order valence-corrected chi connectivity index (χ4v) is 3.36. The maximum atomic E-state index is 11.1. The molecule has 2 unspecified atom stereocenters. The Morgan fingerprint density at radius 2 is 2.04 bits per heavy atom. The molecule has 0 radical (unpaired) electrons. The molecule has 2 heterocycles. The average molecular weight is 321 g/mol. The normalized spacial score (nSPS) is 23.6. The van der Waals surface area contributed by atoms with Crippen molar-refractivity contribution in [2.45, 2.75) is 12.5 Å². The molecule has 1 N–H and O–H groups in total. The van der Waals surface area contributed by atoms with Gasteiger partial charge in [-0.1, -0.05) is 12.1 Å². The van der Waals surface area contributed by atoms with Crippen molar-refractivity contribution < 1.29 is 14.4 Å². The third kappa shape index (κ3) is 3.99. The minimum absolute atomic E-state index is 0.121.